The topological polar surface area (TPSA) is 54.2 Å². The third-order valence-electron chi connectivity index (χ3n) is 4.52. The second kappa shape index (κ2) is 8.40. The molecule has 0 bridgehead atoms. The van der Waals surface area contributed by atoms with Crippen molar-refractivity contribution in [2.24, 2.45) is 0 Å². The lowest BCUT2D eigenvalue weighted by Crippen LogP contribution is -2.44. The average molecular weight is 328 g/mol. The number of aryl methyl sites for hydroxylation is 1. The maximum atomic E-state index is 5.38. The van der Waals surface area contributed by atoms with Gasteiger partial charge in [0.15, 0.2) is 0 Å². The van der Waals surface area contributed by atoms with E-state index in [1.807, 2.05) is 30.3 Å². The van der Waals surface area contributed by atoms with Crippen LogP contribution in [0, 0.1) is 0 Å². The fourth-order valence-corrected chi connectivity index (χ4v) is 3.31. The molecule has 2 aromatic rings. The van der Waals surface area contributed by atoms with Crippen molar-refractivity contribution in [2.45, 2.75) is 51.6 Å². The first kappa shape index (κ1) is 17.1. The van der Waals surface area contributed by atoms with Crippen molar-refractivity contribution in [1.29, 1.82) is 0 Å². The monoisotopic (exact) mass is 328 g/mol. The standard InChI is InChI=1S/C19H28N4O/c1-15(2)20-17-10-13-23(14-11-17)12-6-9-18-21-19(22-24-18)16-7-4-3-5-8-16/h3-5,7-8,15,17,20H,6,9-14H2,1-2H3. The zero-order chi connectivity index (χ0) is 16.8. The Balaban J connectivity index is 1.39. The molecular weight excluding hydrogens is 300 g/mol. The highest BCUT2D eigenvalue weighted by Crippen LogP contribution is 2.16. The van der Waals surface area contributed by atoms with Crippen molar-refractivity contribution >= 4 is 0 Å². The van der Waals surface area contributed by atoms with Gasteiger partial charge in [-0.05, 0) is 38.9 Å². The number of piperidine rings is 1. The summed E-state index contributed by atoms with van der Waals surface area (Å²) in [5.41, 5.74) is 1.01. The highest BCUT2D eigenvalue weighted by atomic mass is 16.5. The highest BCUT2D eigenvalue weighted by Gasteiger charge is 2.19. The predicted molar refractivity (Wildman–Crippen MR) is 95.8 cm³/mol. The molecule has 0 atom stereocenters. The van der Waals surface area contributed by atoms with Gasteiger partial charge in [-0.1, -0.05) is 49.3 Å². The van der Waals surface area contributed by atoms with Crippen molar-refractivity contribution in [3.05, 3.63) is 36.2 Å². The van der Waals surface area contributed by atoms with Gasteiger partial charge in [-0.15, -0.1) is 0 Å². The predicted octanol–water partition coefficient (Wildman–Crippen LogP) is 3.13. The molecule has 24 heavy (non-hydrogen) atoms. The molecule has 0 saturated carbocycles. The minimum absolute atomic E-state index is 0.581. The van der Waals surface area contributed by atoms with E-state index in [-0.39, 0.29) is 0 Å². The van der Waals surface area contributed by atoms with Crippen LogP contribution < -0.4 is 5.32 Å². The fourth-order valence-electron chi connectivity index (χ4n) is 3.31. The number of nitrogens with one attached hydrogen (secondary N) is 1. The van der Waals surface area contributed by atoms with Gasteiger partial charge in [0.25, 0.3) is 0 Å². The van der Waals surface area contributed by atoms with Gasteiger partial charge < -0.3 is 14.7 Å². The summed E-state index contributed by atoms with van der Waals surface area (Å²) < 4.78 is 5.38. The molecule has 0 radical (unpaired) electrons. The molecule has 3 rings (SSSR count). The van der Waals surface area contributed by atoms with Gasteiger partial charge in [0.1, 0.15) is 0 Å². The Bertz CT molecular complexity index is 603. The highest BCUT2D eigenvalue weighted by molar-refractivity contribution is 5.53. The Morgan fingerprint density at radius 2 is 1.96 bits per heavy atom. The van der Waals surface area contributed by atoms with Crippen molar-refractivity contribution in [3.63, 3.8) is 0 Å². The average Bonchev–Trinajstić information content (AvgIpc) is 3.06. The summed E-state index contributed by atoms with van der Waals surface area (Å²) in [6, 6.07) is 11.2. The number of hydrogen-bond acceptors (Lipinski definition) is 5. The fraction of sp³-hybridized carbons (Fsp3) is 0.579. The SMILES string of the molecule is CC(C)NC1CCN(CCCc2nc(-c3ccccc3)no2)CC1. The van der Waals surface area contributed by atoms with Crippen LogP contribution in [0.2, 0.25) is 0 Å². The van der Waals surface area contributed by atoms with E-state index in [1.165, 1.54) is 25.9 Å². The van der Waals surface area contributed by atoms with Crippen LogP contribution in [-0.4, -0.2) is 46.8 Å². The maximum absolute atomic E-state index is 5.38. The number of nitrogens with zero attached hydrogens (tertiary/aromatic N) is 3. The lowest BCUT2D eigenvalue weighted by atomic mass is 10.0. The summed E-state index contributed by atoms with van der Waals surface area (Å²) >= 11 is 0. The molecule has 5 heteroatoms. The molecule has 1 N–H and O–H groups in total. The number of likely N-dealkylation sites (tertiary alicyclic amines) is 1. The molecule has 0 spiro atoms. The second-order valence-electron chi connectivity index (χ2n) is 6.92. The maximum Gasteiger partial charge on any atom is 0.227 e. The van der Waals surface area contributed by atoms with E-state index < -0.39 is 0 Å². The number of hydrogen-bond donors (Lipinski definition) is 1. The molecule has 1 aliphatic heterocycles. The Labute approximate surface area is 144 Å². The smallest absolute Gasteiger partial charge is 0.227 e. The molecule has 5 nitrogen and oxygen atoms in total. The van der Waals surface area contributed by atoms with Crippen molar-refractivity contribution in [3.8, 4) is 11.4 Å². The van der Waals surface area contributed by atoms with Gasteiger partial charge in [0.2, 0.25) is 11.7 Å². The van der Waals surface area contributed by atoms with E-state index in [9.17, 15) is 0 Å². The van der Waals surface area contributed by atoms with Gasteiger partial charge in [-0.3, -0.25) is 0 Å². The molecule has 1 fully saturated rings. The third kappa shape index (κ3) is 4.89. The molecule has 2 heterocycles. The van der Waals surface area contributed by atoms with E-state index in [0.29, 0.717) is 17.9 Å². The molecule has 1 aliphatic rings. The lowest BCUT2D eigenvalue weighted by molar-refractivity contribution is 0.190. The third-order valence-corrected chi connectivity index (χ3v) is 4.52. The second-order valence-corrected chi connectivity index (χ2v) is 6.92. The molecule has 130 valence electrons. The normalized spacial score (nSPS) is 16.8. The largest absolute Gasteiger partial charge is 0.339 e. The van der Waals surface area contributed by atoms with Gasteiger partial charge in [0, 0.05) is 24.1 Å². The zero-order valence-electron chi connectivity index (χ0n) is 14.7. The van der Waals surface area contributed by atoms with Crippen LogP contribution in [0.3, 0.4) is 0 Å². The lowest BCUT2D eigenvalue weighted by Gasteiger charge is -2.33. The number of rotatable bonds is 7. The minimum atomic E-state index is 0.581. The summed E-state index contributed by atoms with van der Waals surface area (Å²) in [6.07, 6.45) is 4.41. The van der Waals surface area contributed by atoms with Gasteiger partial charge in [-0.25, -0.2) is 0 Å². The van der Waals surface area contributed by atoms with Crippen molar-refractivity contribution in [1.82, 2.24) is 20.4 Å². The van der Waals surface area contributed by atoms with Gasteiger partial charge in [-0.2, -0.15) is 4.98 Å². The minimum Gasteiger partial charge on any atom is -0.339 e. The molecular formula is C19H28N4O. The van der Waals surface area contributed by atoms with Crippen LogP contribution in [0.5, 0.6) is 0 Å². The summed E-state index contributed by atoms with van der Waals surface area (Å²) in [5.74, 6) is 1.43. The van der Waals surface area contributed by atoms with E-state index in [1.54, 1.807) is 0 Å². The Morgan fingerprint density at radius 3 is 2.67 bits per heavy atom. The van der Waals surface area contributed by atoms with Crippen molar-refractivity contribution in [2.75, 3.05) is 19.6 Å². The van der Waals surface area contributed by atoms with Crippen LogP contribution in [0.15, 0.2) is 34.9 Å². The van der Waals surface area contributed by atoms with Crippen LogP contribution in [0.4, 0.5) is 0 Å². The molecule has 1 aromatic carbocycles. The zero-order valence-corrected chi connectivity index (χ0v) is 14.7. The van der Waals surface area contributed by atoms with Gasteiger partial charge in [0.05, 0.1) is 0 Å². The van der Waals surface area contributed by atoms with Crippen LogP contribution in [0.1, 0.15) is 39.0 Å². The Morgan fingerprint density at radius 1 is 1.21 bits per heavy atom. The first-order chi connectivity index (χ1) is 11.7. The van der Waals surface area contributed by atoms with Crippen molar-refractivity contribution < 1.29 is 4.52 Å². The van der Waals surface area contributed by atoms with E-state index in [4.69, 9.17) is 4.52 Å². The van der Waals surface area contributed by atoms with Crippen LogP contribution in [-0.2, 0) is 6.42 Å². The molecule has 0 amide bonds. The van der Waals surface area contributed by atoms with E-state index in [0.717, 1.165) is 30.8 Å². The van der Waals surface area contributed by atoms with E-state index in [2.05, 4.69) is 34.2 Å². The number of aromatic nitrogens is 2. The number of benzene rings is 1. The quantitative estimate of drug-likeness (QED) is 0.846. The summed E-state index contributed by atoms with van der Waals surface area (Å²) in [7, 11) is 0. The first-order valence-electron chi connectivity index (χ1n) is 9.07. The Kier molecular flexibility index (Phi) is 5.99. The van der Waals surface area contributed by atoms with E-state index >= 15 is 0 Å². The molecule has 1 aromatic heterocycles. The van der Waals surface area contributed by atoms with Gasteiger partial charge >= 0.3 is 0 Å². The van der Waals surface area contributed by atoms with Crippen LogP contribution >= 0.6 is 0 Å². The molecule has 1 saturated heterocycles. The summed E-state index contributed by atoms with van der Waals surface area (Å²) in [4.78, 5) is 7.05. The Hall–Kier alpha value is -1.72. The molecule has 0 unspecified atom stereocenters. The van der Waals surface area contributed by atoms with Crippen LogP contribution in [0.25, 0.3) is 11.4 Å². The summed E-state index contributed by atoms with van der Waals surface area (Å²) in [6.45, 7) is 7.92. The first-order valence-corrected chi connectivity index (χ1v) is 9.07. The molecule has 0 aliphatic carbocycles. The summed E-state index contributed by atoms with van der Waals surface area (Å²) in [5, 5.41) is 7.72.